The van der Waals surface area contributed by atoms with E-state index in [-0.39, 0.29) is 10.0 Å². The maximum Gasteiger partial charge on any atom is 0.280 e. The van der Waals surface area contributed by atoms with Crippen molar-refractivity contribution in [3.8, 4) is 11.1 Å². The van der Waals surface area contributed by atoms with E-state index in [1.54, 1.807) is 29.6 Å². The summed E-state index contributed by atoms with van der Waals surface area (Å²) in [6.45, 7) is 0. The molecule has 0 saturated heterocycles. The number of benzene rings is 2. The third-order valence-corrected chi connectivity index (χ3v) is 6.78. The molecule has 4 N–H and O–H groups in total. The summed E-state index contributed by atoms with van der Waals surface area (Å²) in [6.07, 6.45) is 0. The van der Waals surface area contributed by atoms with Gasteiger partial charge in [-0.25, -0.2) is 0 Å². The average molecular weight is 339 g/mol. The number of rotatable bonds is 1. The first kappa shape index (κ1) is 14.4. The first-order valence-electron chi connectivity index (χ1n) is 7.01. The van der Waals surface area contributed by atoms with E-state index in [2.05, 4.69) is 34.0 Å². The summed E-state index contributed by atoms with van der Waals surface area (Å²) in [5.41, 5.74) is 15.9. The Labute approximate surface area is 142 Å². The second-order valence-corrected chi connectivity index (χ2v) is 7.77. The molecule has 0 bridgehead atoms. The topological polar surface area (TPSA) is 81.5 Å². The van der Waals surface area contributed by atoms with Gasteiger partial charge in [-0.15, -0.1) is 23.5 Å². The Morgan fingerprint density at radius 1 is 0.957 bits per heavy atom. The highest BCUT2D eigenvalue weighted by Crippen LogP contribution is 2.64. The molecule has 2 aromatic rings. The van der Waals surface area contributed by atoms with Crippen LogP contribution < -0.4 is 11.5 Å². The van der Waals surface area contributed by atoms with Gasteiger partial charge in [-0.3, -0.25) is 4.79 Å². The van der Waals surface area contributed by atoms with Gasteiger partial charge in [0.05, 0.1) is 0 Å². The third-order valence-electron chi connectivity index (χ3n) is 3.95. The van der Waals surface area contributed by atoms with Crippen molar-refractivity contribution in [2.45, 2.75) is 4.08 Å². The Morgan fingerprint density at radius 2 is 1.65 bits per heavy atom. The zero-order valence-electron chi connectivity index (χ0n) is 12.0. The molecule has 1 heterocycles. The number of thioether (sulfide) groups is 2. The minimum Gasteiger partial charge on any atom is -0.370 e. The summed E-state index contributed by atoms with van der Waals surface area (Å²) in [5, 5.41) is 4.20. The maximum absolute atomic E-state index is 12.2. The summed E-state index contributed by atoms with van der Waals surface area (Å²) >= 11 is 3.52. The van der Waals surface area contributed by atoms with Crippen molar-refractivity contribution in [1.29, 1.82) is 0 Å². The Kier molecular flexibility index (Phi) is 3.25. The van der Waals surface area contributed by atoms with Crippen LogP contribution in [0.5, 0.6) is 0 Å². The van der Waals surface area contributed by atoms with E-state index < -0.39 is 5.91 Å². The van der Waals surface area contributed by atoms with E-state index in [4.69, 9.17) is 11.5 Å². The van der Waals surface area contributed by atoms with Gasteiger partial charge in [-0.2, -0.15) is 4.99 Å². The van der Waals surface area contributed by atoms with Gasteiger partial charge in [0.2, 0.25) is 0 Å². The minimum absolute atomic E-state index is 0.222. The third kappa shape index (κ3) is 2.09. The summed E-state index contributed by atoms with van der Waals surface area (Å²) in [4.78, 5) is 15.8. The molecular weight excluding hydrogens is 326 g/mol. The summed E-state index contributed by atoms with van der Waals surface area (Å²) in [6, 6.07) is 14.0. The Morgan fingerprint density at radius 3 is 2.39 bits per heavy atom. The molecule has 0 saturated carbocycles. The van der Waals surface area contributed by atoms with Crippen molar-refractivity contribution in [2.75, 3.05) is 0 Å². The normalized spacial score (nSPS) is 16.2. The van der Waals surface area contributed by atoms with Gasteiger partial charge in [0, 0.05) is 5.56 Å². The number of amides is 1. The van der Waals surface area contributed by atoms with Gasteiger partial charge < -0.3 is 11.5 Å². The zero-order valence-corrected chi connectivity index (χ0v) is 13.7. The van der Waals surface area contributed by atoms with Crippen LogP contribution in [0.1, 0.15) is 21.5 Å². The van der Waals surface area contributed by atoms with Gasteiger partial charge in [-0.1, -0.05) is 30.3 Å². The molecule has 4 rings (SSSR count). The van der Waals surface area contributed by atoms with E-state index in [0.717, 1.165) is 11.1 Å². The number of aliphatic imine (C=N–C) groups is 1. The van der Waals surface area contributed by atoms with Crippen molar-refractivity contribution >= 4 is 35.4 Å². The Balaban J connectivity index is 1.91. The number of fused-ring (bicyclic) bond motifs is 5. The van der Waals surface area contributed by atoms with Crippen LogP contribution >= 0.6 is 23.5 Å². The fourth-order valence-electron chi connectivity index (χ4n) is 3.05. The largest absolute Gasteiger partial charge is 0.370 e. The lowest BCUT2D eigenvalue weighted by Gasteiger charge is -2.24. The highest BCUT2D eigenvalue weighted by Gasteiger charge is 2.45. The van der Waals surface area contributed by atoms with Crippen molar-refractivity contribution in [2.24, 2.45) is 16.5 Å². The van der Waals surface area contributed by atoms with Crippen molar-refractivity contribution < 1.29 is 4.79 Å². The number of carbonyl (C=O) groups excluding carboxylic acids is 1. The fourth-order valence-corrected chi connectivity index (χ4v) is 5.63. The maximum atomic E-state index is 12.2. The zero-order chi connectivity index (χ0) is 16.0. The lowest BCUT2D eigenvalue weighted by atomic mass is 10.0. The summed E-state index contributed by atoms with van der Waals surface area (Å²) in [5.74, 6) is -0.639. The summed E-state index contributed by atoms with van der Waals surface area (Å²) in [7, 11) is 0. The standard InChI is InChI=1S/C17H13N3OS2/c18-16(19)20-15(21)10-5-6-12-11-3-1-2-4-13(11)17(14(12)9-10)22-7-8-23-17/h1-9H,(H4,18,19,20,21). The Hall–Kier alpha value is -2.18. The number of carbonyl (C=O) groups is 1. The van der Waals surface area contributed by atoms with E-state index >= 15 is 0 Å². The number of nitrogens with two attached hydrogens (primary N) is 2. The van der Waals surface area contributed by atoms with Crippen LogP contribution in [-0.4, -0.2) is 11.9 Å². The van der Waals surface area contributed by atoms with Crippen LogP contribution in [0, 0.1) is 0 Å². The number of hydrogen-bond donors (Lipinski definition) is 2. The predicted octanol–water partition coefficient (Wildman–Crippen LogP) is 3.23. The van der Waals surface area contributed by atoms with Gasteiger partial charge in [0.25, 0.3) is 5.91 Å². The van der Waals surface area contributed by atoms with Gasteiger partial charge >= 0.3 is 0 Å². The lowest BCUT2D eigenvalue weighted by molar-refractivity contribution is 0.100. The molecule has 1 spiro atoms. The average Bonchev–Trinajstić information content (AvgIpc) is 3.13. The van der Waals surface area contributed by atoms with E-state index in [1.165, 1.54) is 11.1 Å². The molecule has 23 heavy (non-hydrogen) atoms. The molecule has 6 heteroatoms. The first-order valence-corrected chi connectivity index (χ1v) is 8.77. The predicted molar refractivity (Wildman–Crippen MR) is 97.1 cm³/mol. The van der Waals surface area contributed by atoms with Crippen LogP contribution in [-0.2, 0) is 4.08 Å². The van der Waals surface area contributed by atoms with Crippen LogP contribution in [0.4, 0.5) is 0 Å². The second-order valence-electron chi connectivity index (χ2n) is 5.27. The quantitative estimate of drug-likeness (QED) is 0.616. The number of nitrogens with zero attached hydrogens (tertiary/aromatic N) is 1. The number of hydrogen-bond acceptors (Lipinski definition) is 3. The lowest BCUT2D eigenvalue weighted by Crippen LogP contribution is -2.24. The highest BCUT2D eigenvalue weighted by molar-refractivity contribution is 8.23. The molecule has 0 aromatic heterocycles. The smallest absolute Gasteiger partial charge is 0.280 e. The van der Waals surface area contributed by atoms with Crippen molar-refractivity contribution in [3.05, 3.63) is 70.0 Å². The SMILES string of the molecule is NC(N)=NC(=O)c1ccc2c(c1)C1(SC=CS1)c1ccccc1-2. The molecule has 2 aromatic carbocycles. The van der Waals surface area contributed by atoms with Gasteiger partial charge in [0.15, 0.2) is 5.96 Å². The van der Waals surface area contributed by atoms with Gasteiger partial charge in [-0.05, 0) is 45.2 Å². The molecular formula is C17H13N3OS2. The molecule has 0 fully saturated rings. The van der Waals surface area contributed by atoms with Crippen LogP contribution in [0.15, 0.2) is 58.3 Å². The van der Waals surface area contributed by atoms with Crippen LogP contribution in [0.25, 0.3) is 11.1 Å². The van der Waals surface area contributed by atoms with Gasteiger partial charge in [0.1, 0.15) is 4.08 Å². The first-order chi connectivity index (χ1) is 11.1. The fraction of sp³-hybridized carbons (Fsp3) is 0.0588. The highest BCUT2D eigenvalue weighted by atomic mass is 32.2. The van der Waals surface area contributed by atoms with E-state index in [1.807, 2.05) is 18.2 Å². The summed E-state index contributed by atoms with van der Waals surface area (Å²) < 4.78 is -0.222. The number of guanidine groups is 1. The Bertz CT molecular complexity index is 877. The van der Waals surface area contributed by atoms with Crippen molar-refractivity contribution in [1.82, 2.24) is 0 Å². The molecule has 4 nitrogen and oxygen atoms in total. The van der Waals surface area contributed by atoms with E-state index in [0.29, 0.717) is 5.56 Å². The molecule has 0 atom stereocenters. The van der Waals surface area contributed by atoms with Crippen LogP contribution in [0.3, 0.4) is 0 Å². The van der Waals surface area contributed by atoms with Crippen molar-refractivity contribution in [3.63, 3.8) is 0 Å². The minimum atomic E-state index is -0.417. The second kappa shape index (κ2) is 5.18. The molecule has 2 aliphatic rings. The molecule has 0 unspecified atom stereocenters. The molecule has 114 valence electrons. The van der Waals surface area contributed by atoms with E-state index in [9.17, 15) is 4.79 Å². The molecule has 1 aliphatic heterocycles. The van der Waals surface area contributed by atoms with Crippen LogP contribution in [0.2, 0.25) is 0 Å². The molecule has 1 amide bonds. The molecule has 1 aliphatic carbocycles. The monoisotopic (exact) mass is 339 g/mol. The molecule has 0 radical (unpaired) electrons.